The monoisotopic (exact) mass is 494 g/mol. The van der Waals surface area contributed by atoms with E-state index in [0.29, 0.717) is 36.7 Å². The minimum absolute atomic E-state index is 0.0586. The van der Waals surface area contributed by atoms with Crippen molar-refractivity contribution in [3.63, 3.8) is 0 Å². The lowest BCUT2D eigenvalue weighted by Crippen LogP contribution is -2.38. The summed E-state index contributed by atoms with van der Waals surface area (Å²) in [6.07, 6.45) is 8.37. The van der Waals surface area contributed by atoms with Crippen molar-refractivity contribution in [3.05, 3.63) is 101 Å². The first kappa shape index (κ1) is 23.3. The molecule has 1 N–H and O–H groups in total. The predicted octanol–water partition coefficient (Wildman–Crippen LogP) is 4.61. The third-order valence-corrected chi connectivity index (χ3v) is 7.50. The minimum Gasteiger partial charge on any atom is -0.489 e. The molecule has 188 valence electrons. The van der Waals surface area contributed by atoms with E-state index in [1.54, 1.807) is 6.20 Å². The topological polar surface area (TPSA) is 75.9 Å². The largest absolute Gasteiger partial charge is 0.489 e. The van der Waals surface area contributed by atoms with Crippen LogP contribution in [0.3, 0.4) is 0 Å². The number of hydrogen-bond donors (Lipinski definition) is 1. The minimum atomic E-state index is -0.0953. The van der Waals surface area contributed by atoms with Crippen LogP contribution in [0.15, 0.2) is 73.2 Å². The Morgan fingerprint density at radius 2 is 1.86 bits per heavy atom. The van der Waals surface area contributed by atoms with E-state index in [9.17, 15) is 9.59 Å². The summed E-state index contributed by atoms with van der Waals surface area (Å²) in [7, 11) is 0. The smallest absolute Gasteiger partial charge is 0.257 e. The standard InChI is InChI=1S/C30H30N4O3/c1-20-17-25-3-2-4-26(28(25)37-20)30(36)34-14-10-23(11-15-34)22-5-7-24(8-6-22)29(35)32-19-21-9-13-33-16-12-31-27(33)18-21/h2-9,12-13,16,18,20,23H,10-11,14-15,17,19H2,1H3,(H,32,35). The summed E-state index contributed by atoms with van der Waals surface area (Å²) in [5, 5.41) is 2.99. The van der Waals surface area contributed by atoms with E-state index in [2.05, 4.69) is 10.3 Å². The van der Waals surface area contributed by atoms with Gasteiger partial charge in [0.1, 0.15) is 17.5 Å². The van der Waals surface area contributed by atoms with Crippen LogP contribution in [0.2, 0.25) is 0 Å². The number of nitrogens with one attached hydrogen (secondary N) is 1. The van der Waals surface area contributed by atoms with Crippen molar-refractivity contribution < 1.29 is 14.3 Å². The number of ether oxygens (including phenoxy) is 1. The average Bonchev–Trinajstić information content (AvgIpc) is 3.56. The molecule has 1 unspecified atom stereocenters. The van der Waals surface area contributed by atoms with Crippen molar-refractivity contribution in [2.24, 2.45) is 0 Å². The van der Waals surface area contributed by atoms with Gasteiger partial charge in [-0.2, -0.15) is 0 Å². The zero-order valence-corrected chi connectivity index (χ0v) is 20.9. The highest BCUT2D eigenvalue weighted by molar-refractivity contribution is 5.97. The number of benzene rings is 2. The van der Waals surface area contributed by atoms with Crippen LogP contribution < -0.4 is 10.1 Å². The van der Waals surface area contributed by atoms with E-state index in [0.717, 1.165) is 41.8 Å². The van der Waals surface area contributed by atoms with Crippen LogP contribution >= 0.6 is 0 Å². The number of likely N-dealkylation sites (tertiary alicyclic amines) is 1. The number of carbonyl (C=O) groups is 2. The molecular formula is C30H30N4O3. The molecule has 7 nitrogen and oxygen atoms in total. The molecule has 2 aromatic carbocycles. The predicted molar refractivity (Wildman–Crippen MR) is 141 cm³/mol. The SMILES string of the molecule is CC1Cc2cccc(C(=O)N3CCC(c4ccc(C(=O)NCc5ccn6ccnc6c5)cc4)CC3)c2O1. The molecule has 0 aliphatic carbocycles. The quantitative estimate of drug-likeness (QED) is 0.440. The molecule has 37 heavy (non-hydrogen) atoms. The first-order valence-electron chi connectivity index (χ1n) is 12.9. The fraction of sp³-hybridized carbons (Fsp3) is 0.300. The summed E-state index contributed by atoms with van der Waals surface area (Å²) >= 11 is 0. The Morgan fingerprint density at radius 1 is 1.05 bits per heavy atom. The van der Waals surface area contributed by atoms with Gasteiger partial charge in [0.15, 0.2) is 0 Å². The van der Waals surface area contributed by atoms with E-state index in [1.807, 2.05) is 83.2 Å². The molecule has 0 radical (unpaired) electrons. The van der Waals surface area contributed by atoms with Gasteiger partial charge < -0.3 is 19.4 Å². The van der Waals surface area contributed by atoms with Crippen molar-refractivity contribution in [1.82, 2.24) is 19.6 Å². The summed E-state index contributed by atoms with van der Waals surface area (Å²) in [5.41, 5.74) is 5.53. The number of nitrogens with zero attached hydrogens (tertiary/aromatic N) is 3. The van der Waals surface area contributed by atoms with Crippen molar-refractivity contribution in [3.8, 4) is 5.75 Å². The third kappa shape index (κ3) is 4.69. The van der Waals surface area contributed by atoms with Crippen LogP contribution in [0.5, 0.6) is 5.75 Å². The second-order valence-electron chi connectivity index (χ2n) is 10.0. The molecule has 7 heteroatoms. The van der Waals surface area contributed by atoms with Gasteiger partial charge in [0.25, 0.3) is 11.8 Å². The molecule has 2 aromatic heterocycles. The second kappa shape index (κ2) is 9.73. The molecular weight excluding hydrogens is 464 g/mol. The molecule has 6 rings (SSSR count). The Balaban J connectivity index is 1.04. The van der Waals surface area contributed by atoms with E-state index in [1.165, 1.54) is 5.56 Å². The van der Waals surface area contributed by atoms with Gasteiger partial charge in [0.05, 0.1) is 5.56 Å². The number of fused-ring (bicyclic) bond motifs is 2. The maximum atomic E-state index is 13.2. The van der Waals surface area contributed by atoms with Crippen LogP contribution in [0.1, 0.15) is 63.1 Å². The Bertz CT molecular complexity index is 1450. The molecule has 2 aliphatic rings. The number of hydrogen-bond acceptors (Lipinski definition) is 4. The molecule has 0 bridgehead atoms. The number of imidazole rings is 1. The lowest BCUT2D eigenvalue weighted by atomic mass is 9.88. The molecule has 1 saturated heterocycles. The van der Waals surface area contributed by atoms with Gasteiger partial charge in [0.2, 0.25) is 0 Å². The Hall–Kier alpha value is -4.13. The summed E-state index contributed by atoms with van der Waals surface area (Å²) in [6, 6.07) is 17.7. The summed E-state index contributed by atoms with van der Waals surface area (Å²) in [6.45, 7) is 3.92. The molecule has 4 heterocycles. The number of carbonyl (C=O) groups excluding carboxylic acids is 2. The number of rotatable bonds is 5. The van der Waals surface area contributed by atoms with E-state index in [4.69, 9.17) is 4.74 Å². The Kier molecular flexibility index (Phi) is 6.12. The molecule has 1 atom stereocenters. The highest BCUT2D eigenvalue weighted by Crippen LogP contribution is 2.35. The lowest BCUT2D eigenvalue weighted by Gasteiger charge is -2.32. The van der Waals surface area contributed by atoms with Crippen molar-refractivity contribution in [2.75, 3.05) is 13.1 Å². The van der Waals surface area contributed by atoms with Crippen LogP contribution in [0, 0.1) is 0 Å². The number of piperidine rings is 1. The average molecular weight is 495 g/mol. The summed E-state index contributed by atoms with van der Waals surface area (Å²) in [5.74, 6) is 1.10. The van der Waals surface area contributed by atoms with E-state index in [-0.39, 0.29) is 17.9 Å². The van der Waals surface area contributed by atoms with Gasteiger partial charge in [-0.1, -0.05) is 24.3 Å². The maximum Gasteiger partial charge on any atom is 0.257 e. The van der Waals surface area contributed by atoms with Crippen LogP contribution in [0.4, 0.5) is 0 Å². The first-order chi connectivity index (χ1) is 18.0. The van der Waals surface area contributed by atoms with E-state index < -0.39 is 0 Å². The second-order valence-corrected chi connectivity index (χ2v) is 10.0. The van der Waals surface area contributed by atoms with Crippen LogP contribution in [-0.4, -0.2) is 45.3 Å². The molecule has 0 spiro atoms. The maximum absolute atomic E-state index is 13.2. The highest BCUT2D eigenvalue weighted by atomic mass is 16.5. The van der Waals surface area contributed by atoms with Gasteiger partial charge in [0, 0.05) is 50.2 Å². The van der Waals surface area contributed by atoms with E-state index >= 15 is 0 Å². The summed E-state index contributed by atoms with van der Waals surface area (Å²) < 4.78 is 7.88. The van der Waals surface area contributed by atoms with Crippen LogP contribution in [-0.2, 0) is 13.0 Å². The van der Waals surface area contributed by atoms with Gasteiger partial charge in [-0.15, -0.1) is 0 Å². The zero-order valence-electron chi connectivity index (χ0n) is 20.9. The van der Waals surface area contributed by atoms with Crippen molar-refractivity contribution in [1.29, 1.82) is 0 Å². The van der Waals surface area contributed by atoms with Gasteiger partial charge in [-0.05, 0) is 72.7 Å². The normalized spacial score (nSPS) is 17.4. The van der Waals surface area contributed by atoms with Crippen molar-refractivity contribution in [2.45, 2.75) is 44.8 Å². The Morgan fingerprint density at radius 3 is 2.68 bits per heavy atom. The molecule has 2 aliphatic heterocycles. The number of amides is 2. The molecule has 4 aromatic rings. The highest BCUT2D eigenvalue weighted by Gasteiger charge is 2.30. The fourth-order valence-electron chi connectivity index (χ4n) is 5.45. The van der Waals surface area contributed by atoms with Crippen molar-refractivity contribution >= 4 is 17.5 Å². The fourth-order valence-corrected chi connectivity index (χ4v) is 5.45. The number of para-hydroxylation sites is 1. The van der Waals surface area contributed by atoms with Gasteiger partial charge >= 0.3 is 0 Å². The number of aromatic nitrogens is 2. The lowest BCUT2D eigenvalue weighted by molar-refractivity contribution is 0.0707. The molecule has 1 fully saturated rings. The van der Waals surface area contributed by atoms with Gasteiger partial charge in [-0.25, -0.2) is 4.98 Å². The summed E-state index contributed by atoms with van der Waals surface area (Å²) in [4.78, 5) is 32.2. The van der Waals surface area contributed by atoms with Crippen LogP contribution in [0.25, 0.3) is 5.65 Å². The Labute approximate surface area is 216 Å². The first-order valence-corrected chi connectivity index (χ1v) is 12.9. The number of pyridine rings is 1. The zero-order chi connectivity index (χ0) is 25.4. The molecule has 2 amide bonds. The van der Waals surface area contributed by atoms with Gasteiger partial charge in [-0.3, -0.25) is 9.59 Å². The molecule has 0 saturated carbocycles. The third-order valence-electron chi connectivity index (χ3n) is 7.50.